The van der Waals surface area contributed by atoms with Crippen LogP contribution in [0.4, 0.5) is 5.13 Å². The van der Waals surface area contributed by atoms with Gasteiger partial charge in [-0.05, 0) is 32.9 Å². The molecule has 1 unspecified atom stereocenters. The molecule has 2 aromatic heterocycles. The van der Waals surface area contributed by atoms with E-state index in [1.165, 1.54) is 22.5 Å². The number of aliphatic hydroxyl groups excluding tert-OH is 1. The summed E-state index contributed by atoms with van der Waals surface area (Å²) in [4.78, 5) is 32.5. The molecule has 0 spiro atoms. The summed E-state index contributed by atoms with van der Waals surface area (Å²) in [5.41, 5.74) is 2.27. The van der Waals surface area contributed by atoms with Gasteiger partial charge >= 0.3 is 5.91 Å². The molecule has 6 nitrogen and oxygen atoms in total. The van der Waals surface area contributed by atoms with Gasteiger partial charge in [0, 0.05) is 10.4 Å². The molecular weight excluding hydrogens is 376 g/mol. The number of aromatic nitrogens is 1. The molecule has 1 aromatic carbocycles. The lowest BCUT2D eigenvalue weighted by molar-refractivity contribution is -0.132. The molecule has 1 saturated heterocycles. The smallest absolute Gasteiger partial charge is 0.302 e. The molecule has 1 N–H and O–H groups in total. The predicted octanol–water partition coefficient (Wildman–Crippen LogP) is 4.29. The van der Waals surface area contributed by atoms with Crippen molar-refractivity contribution in [2.75, 3.05) is 4.90 Å². The fourth-order valence-electron chi connectivity index (χ4n) is 3.17. The number of ketones is 1. The van der Waals surface area contributed by atoms with Crippen LogP contribution in [0.3, 0.4) is 0 Å². The van der Waals surface area contributed by atoms with E-state index in [-0.39, 0.29) is 11.3 Å². The number of carbonyl (C=O) groups is 2. The van der Waals surface area contributed by atoms with Gasteiger partial charge in [0.1, 0.15) is 17.6 Å². The second-order valence-electron chi connectivity index (χ2n) is 6.69. The first-order valence-electron chi connectivity index (χ1n) is 8.74. The summed E-state index contributed by atoms with van der Waals surface area (Å²) in [6.45, 7) is 5.68. The minimum absolute atomic E-state index is 0.00527. The summed E-state index contributed by atoms with van der Waals surface area (Å²) in [6.07, 6.45) is 1.47. The molecule has 1 amide bonds. The van der Waals surface area contributed by atoms with Crippen LogP contribution in [0.15, 0.2) is 52.7 Å². The monoisotopic (exact) mass is 394 g/mol. The van der Waals surface area contributed by atoms with E-state index in [0.29, 0.717) is 16.5 Å². The number of aliphatic hydroxyl groups is 1. The molecule has 4 rings (SSSR count). The zero-order valence-electron chi connectivity index (χ0n) is 15.6. The van der Waals surface area contributed by atoms with Gasteiger partial charge in [-0.15, -0.1) is 11.3 Å². The number of nitrogens with zero attached hydrogens (tertiary/aromatic N) is 2. The van der Waals surface area contributed by atoms with Gasteiger partial charge in [-0.3, -0.25) is 14.5 Å². The van der Waals surface area contributed by atoms with Crippen LogP contribution in [-0.4, -0.2) is 21.8 Å². The first kappa shape index (κ1) is 18.2. The summed E-state index contributed by atoms with van der Waals surface area (Å²) >= 11 is 1.33. The molecule has 28 heavy (non-hydrogen) atoms. The number of aryl methyl sites for hydroxylation is 3. The number of hydrogen-bond donors (Lipinski definition) is 1. The molecule has 3 aromatic rings. The molecule has 7 heteroatoms. The summed E-state index contributed by atoms with van der Waals surface area (Å²) < 4.78 is 5.52. The van der Waals surface area contributed by atoms with Gasteiger partial charge in [-0.25, -0.2) is 4.98 Å². The molecular formula is C21H18N2O4S. The molecule has 3 heterocycles. The average molecular weight is 394 g/mol. The number of anilines is 1. The summed E-state index contributed by atoms with van der Waals surface area (Å²) in [7, 11) is 0. The Bertz CT molecular complexity index is 1070. The van der Waals surface area contributed by atoms with E-state index in [1.807, 2.05) is 32.9 Å². The van der Waals surface area contributed by atoms with Crippen molar-refractivity contribution in [1.29, 1.82) is 0 Å². The molecule has 0 radical (unpaired) electrons. The third-order valence-electron chi connectivity index (χ3n) is 4.81. The Morgan fingerprint density at radius 3 is 2.43 bits per heavy atom. The Hall–Kier alpha value is -3.19. The number of rotatable bonds is 3. The van der Waals surface area contributed by atoms with Crippen molar-refractivity contribution in [1.82, 2.24) is 4.98 Å². The molecule has 1 fully saturated rings. The van der Waals surface area contributed by atoms with Crippen LogP contribution in [0, 0.1) is 20.8 Å². The van der Waals surface area contributed by atoms with Gasteiger partial charge in [-0.2, -0.15) is 0 Å². The summed E-state index contributed by atoms with van der Waals surface area (Å²) in [6, 6.07) is 9.59. The maximum absolute atomic E-state index is 12.9. The van der Waals surface area contributed by atoms with Crippen molar-refractivity contribution in [2.24, 2.45) is 0 Å². The number of thiazole rings is 1. The Morgan fingerprint density at radius 2 is 1.86 bits per heavy atom. The van der Waals surface area contributed by atoms with Crippen molar-refractivity contribution >= 4 is 33.9 Å². The predicted molar refractivity (Wildman–Crippen MR) is 106 cm³/mol. The van der Waals surface area contributed by atoms with Crippen molar-refractivity contribution in [3.05, 3.63) is 75.7 Å². The van der Waals surface area contributed by atoms with Crippen LogP contribution >= 0.6 is 11.3 Å². The van der Waals surface area contributed by atoms with E-state index < -0.39 is 17.7 Å². The Labute approximate surface area is 165 Å². The van der Waals surface area contributed by atoms with Crippen LogP contribution < -0.4 is 4.90 Å². The lowest BCUT2D eigenvalue weighted by Gasteiger charge is -2.20. The minimum Gasteiger partial charge on any atom is -0.507 e. The van der Waals surface area contributed by atoms with Gasteiger partial charge in [0.15, 0.2) is 5.13 Å². The van der Waals surface area contributed by atoms with Gasteiger partial charge in [0.25, 0.3) is 5.78 Å². The van der Waals surface area contributed by atoms with Crippen molar-refractivity contribution in [3.8, 4) is 0 Å². The molecule has 1 aliphatic heterocycles. The zero-order chi connectivity index (χ0) is 20.0. The van der Waals surface area contributed by atoms with Crippen LogP contribution in [0.5, 0.6) is 0 Å². The second kappa shape index (κ2) is 6.76. The molecule has 0 saturated carbocycles. The lowest BCUT2D eigenvalue weighted by atomic mass is 9.99. The maximum atomic E-state index is 12.9. The second-order valence-corrected chi connectivity index (χ2v) is 7.87. The normalized spacial score (nSPS) is 18.8. The van der Waals surface area contributed by atoms with Crippen LogP contribution in [0.1, 0.15) is 33.5 Å². The van der Waals surface area contributed by atoms with Crippen molar-refractivity contribution in [2.45, 2.75) is 26.8 Å². The topological polar surface area (TPSA) is 83.6 Å². The van der Waals surface area contributed by atoms with E-state index in [0.717, 1.165) is 16.1 Å². The highest BCUT2D eigenvalue weighted by atomic mass is 32.1. The highest BCUT2D eigenvalue weighted by Gasteiger charge is 2.49. The van der Waals surface area contributed by atoms with Crippen molar-refractivity contribution < 1.29 is 19.1 Å². The molecule has 0 bridgehead atoms. The van der Waals surface area contributed by atoms with E-state index in [2.05, 4.69) is 4.98 Å². The standard InChI is InChI=1S/C21H18N2O4S/c1-11-6-8-14(9-7-11)18(24)16-17(15-5-4-10-27-15)23(20(26)19(16)25)21-22-12(2)13(3)28-21/h4-10,17,24H,1-3H3/b18-16+. The minimum atomic E-state index is -0.874. The van der Waals surface area contributed by atoms with Gasteiger partial charge in [0.2, 0.25) is 0 Å². The van der Waals surface area contributed by atoms with Gasteiger partial charge in [-0.1, -0.05) is 29.8 Å². The van der Waals surface area contributed by atoms with Crippen LogP contribution in [0.2, 0.25) is 0 Å². The van der Waals surface area contributed by atoms with E-state index in [1.54, 1.807) is 24.3 Å². The average Bonchev–Trinajstić information content (AvgIpc) is 3.36. The third kappa shape index (κ3) is 2.84. The highest BCUT2D eigenvalue weighted by molar-refractivity contribution is 7.16. The molecule has 0 aliphatic carbocycles. The number of hydrogen-bond acceptors (Lipinski definition) is 6. The largest absolute Gasteiger partial charge is 0.507 e. The number of Topliss-reactive ketones (excluding diaryl/α,β-unsaturated/α-hetero) is 1. The Morgan fingerprint density at radius 1 is 1.14 bits per heavy atom. The highest BCUT2D eigenvalue weighted by Crippen LogP contribution is 2.43. The molecule has 1 atom stereocenters. The fourth-order valence-corrected chi connectivity index (χ4v) is 4.11. The summed E-state index contributed by atoms with van der Waals surface area (Å²) in [5.74, 6) is -1.33. The number of amides is 1. The Balaban J connectivity index is 1.92. The quantitative estimate of drug-likeness (QED) is 0.407. The number of furan rings is 1. The van der Waals surface area contributed by atoms with Gasteiger partial charge < -0.3 is 9.52 Å². The maximum Gasteiger partial charge on any atom is 0.302 e. The zero-order valence-corrected chi connectivity index (χ0v) is 16.4. The lowest BCUT2D eigenvalue weighted by Crippen LogP contribution is -2.29. The fraction of sp³-hybridized carbons (Fsp3) is 0.190. The number of benzene rings is 1. The molecule has 142 valence electrons. The third-order valence-corrected chi connectivity index (χ3v) is 5.88. The van der Waals surface area contributed by atoms with Crippen molar-refractivity contribution in [3.63, 3.8) is 0 Å². The number of carbonyl (C=O) groups excluding carboxylic acids is 2. The van der Waals surface area contributed by atoms with Crippen LogP contribution in [0.25, 0.3) is 5.76 Å². The van der Waals surface area contributed by atoms with Crippen LogP contribution in [-0.2, 0) is 9.59 Å². The van der Waals surface area contributed by atoms with E-state index in [9.17, 15) is 14.7 Å². The van der Waals surface area contributed by atoms with E-state index >= 15 is 0 Å². The summed E-state index contributed by atoms with van der Waals surface area (Å²) in [5, 5.41) is 11.3. The first-order valence-corrected chi connectivity index (χ1v) is 9.55. The van der Waals surface area contributed by atoms with E-state index in [4.69, 9.17) is 4.42 Å². The first-order chi connectivity index (χ1) is 13.4. The molecule has 1 aliphatic rings. The Kier molecular flexibility index (Phi) is 4.39. The SMILES string of the molecule is Cc1ccc(/C(O)=C2\C(=O)C(=O)N(c3nc(C)c(C)s3)C2c2ccco2)cc1. The van der Waals surface area contributed by atoms with Gasteiger partial charge in [0.05, 0.1) is 17.5 Å².